The van der Waals surface area contributed by atoms with Gasteiger partial charge in [-0.15, -0.1) is 0 Å². The summed E-state index contributed by atoms with van der Waals surface area (Å²) in [5, 5.41) is 3.20. The minimum Gasteiger partial charge on any atom is -0.490 e. The summed E-state index contributed by atoms with van der Waals surface area (Å²) in [6, 6.07) is 23.5. The van der Waals surface area contributed by atoms with Gasteiger partial charge in [0.2, 0.25) is 0 Å². The molecule has 29 heavy (non-hydrogen) atoms. The second-order valence-corrected chi connectivity index (χ2v) is 8.22. The van der Waals surface area contributed by atoms with Crippen molar-refractivity contribution in [3.8, 4) is 11.5 Å². The largest absolute Gasteiger partial charge is 0.490 e. The zero-order valence-corrected chi connectivity index (χ0v) is 18.1. The Morgan fingerprint density at radius 2 is 1.66 bits per heavy atom. The normalized spacial score (nSPS) is 14.0. The fraction of sp³-hybridized carbons (Fsp3) is 0.208. The first-order valence-corrected chi connectivity index (χ1v) is 10.8. The van der Waals surface area contributed by atoms with E-state index in [0.717, 1.165) is 32.6 Å². The molecule has 1 atom stereocenters. The molecule has 3 aromatic rings. The van der Waals surface area contributed by atoms with E-state index in [-0.39, 0.29) is 11.9 Å². The van der Waals surface area contributed by atoms with E-state index in [9.17, 15) is 4.79 Å². The molecule has 148 valence electrons. The highest BCUT2D eigenvalue weighted by Crippen LogP contribution is 2.33. The van der Waals surface area contributed by atoms with Gasteiger partial charge in [0.15, 0.2) is 11.5 Å². The van der Waals surface area contributed by atoms with E-state index < -0.39 is 0 Å². The first-order chi connectivity index (χ1) is 14.2. The maximum atomic E-state index is 12.9. The van der Waals surface area contributed by atoms with Gasteiger partial charge in [-0.2, -0.15) is 0 Å². The Morgan fingerprint density at radius 1 is 0.931 bits per heavy atom. The van der Waals surface area contributed by atoms with Gasteiger partial charge >= 0.3 is 0 Å². The van der Waals surface area contributed by atoms with Crippen LogP contribution < -0.4 is 14.8 Å². The molecule has 0 spiro atoms. The number of amides is 1. The smallest absolute Gasteiger partial charge is 0.251 e. The summed E-state index contributed by atoms with van der Waals surface area (Å²) < 4.78 is 12.7. The second kappa shape index (κ2) is 9.31. The number of carbonyl (C=O) groups excluding carboxylic acids is 1. The molecule has 0 saturated heterocycles. The van der Waals surface area contributed by atoms with Crippen LogP contribution in [0.15, 0.2) is 72.8 Å². The minimum atomic E-state index is -0.179. The van der Waals surface area contributed by atoms with Crippen molar-refractivity contribution in [1.29, 1.82) is 0 Å². The van der Waals surface area contributed by atoms with Gasteiger partial charge in [-0.3, -0.25) is 4.79 Å². The predicted octanol–water partition coefficient (Wildman–Crippen LogP) is 5.17. The molecule has 5 heteroatoms. The Morgan fingerprint density at radius 3 is 2.41 bits per heavy atom. The fourth-order valence-electron chi connectivity index (χ4n) is 3.34. The summed E-state index contributed by atoms with van der Waals surface area (Å²) in [7, 11) is 0. The molecule has 1 aliphatic heterocycles. The zero-order chi connectivity index (χ0) is 20.1. The summed E-state index contributed by atoms with van der Waals surface area (Å²) in [5.74, 6) is 1.41. The van der Waals surface area contributed by atoms with Crippen molar-refractivity contribution in [2.45, 2.75) is 18.9 Å². The van der Waals surface area contributed by atoms with E-state index in [4.69, 9.17) is 9.47 Å². The average Bonchev–Trinajstić information content (AvgIpc) is 2.99. The number of nitrogens with one attached hydrogen (secondary N) is 1. The Balaban J connectivity index is 1.62. The summed E-state index contributed by atoms with van der Waals surface area (Å²) in [6.07, 6.45) is 1.55. The van der Waals surface area contributed by atoms with Gasteiger partial charge in [0, 0.05) is 15.6 Å². The third kappa shape index (κ3) is 5.09. The standard InChI is InChI=1S/C24H22INO3/c25-20-10-7-18(8-11-20)24(27)26-21(15-17-5-2-1-3-6-17)19-9-12-22-23(16-19)29-14-4-13-28-22/h1-3,5-12,16,21H,4,13-15H2,(H,26,27)/t21-/m1/s1. The number of fused-ring (bicyclic) bond motifs is 1. The van der Waals surface area contributed by atoms with Crippen molar-refractivity contribution in [1.82, 2.24) is 5.32 Å². The topological polar surface area (TPSA) is 47.6 Å². The van der Waals surface area contributed by atoms with Crippen LogP contribution in [0.4, 0.5) is 0 Å². The second-order valence-electron chi connectivity index (χ2n) is 6.98. The fourth-order valence-corrected chi connectivity index (χ4v) is 3.70. The van der Waals surface area contributed by atoms with Crippen LogP contribution in [-0.2, 0) is 6.42 Å². The molecule has 1 heterocycles. The van der Waals surface area contributed by atoms with Crippen molar-refractivity contribution in [3.63, 3.8) is 0 Å². The van der Waals surface area contributed by atoms with Crippen molar-refractivity contribution in [3.05, 3.63) is 93.1 Å². The molecule has 0 saturated carbocycles. The van der Waals surface area contributed by atoms with Crippen LogP contribution >= 0.6 is 22.6 Å². The van der Waals surface area contributed by atoms with Crippen LogP contribution in [0.25, 0.3) is 0 Å². The van der Waals surface area contributed by atoms with E-state index in [1.807, 2.05) is 60.7 Å². The molecule has 4 nitrogen and oxygen atoms in total. The van der Waals surface area contributed by atoms with E-state index in [1.54, 1.807) is 0 Å². The number of halogens is 1. The summed E-state index contributed by atoms with van der Waals surface area (Å²) in [6.45, 7) is 1.29. The number of hydrogen-bond acceptors (Lipinski definition) is 3. The molecule has 1 N–H and O–H groups in total. The van der Waals surface area contributed by atoms with Crippen molar-refractivity contribution < 1.29 is 14.3 Å². The van der Waals surface area contributed by atoms with E-state index in [0.29, 0.717) is 25.2 Å². The van der Waals surface area contributed by atoms with Crippen LogP contribution in [0.2, 0.25) is 0 Å². The lowest BCUT2D eigenvalue weighted by Crippen LogP contribution is -2.30. The Bertz CT molecular complexity index is 973. The number of carbonyl (C=O) groups is 1. The molecule has 0 unspecified atom stereocenters. The molecule has 1 aliphatic rings. The van der Waals surface area contributed by atoms with Crippen LogP contribution in [0.5, 0.6) is 11.5 Å². The lowest BCUT2D eigenvalue weighted by Gasteiger charge is -2.21. The van der Waals surface area contributed by atoms with Gasteiger partial charge < -0.3 is 14.8 Å². The highest BCUT2D eigenvalue weighted by atomic mass is 127. The maximum absolute atomic E-state index is 12.9. The average molecular weight is 499 g/mol. The molecule has 0 radical (unpaired) electrons. The van der Waals surface area contributed by atoms with Gasteiger partial charge in [-0.05, 0) is 76.5 Å². The van der Waals surface area contributed by atoms with Gasteiger partial charge in [0.25, 0.3) is 5.91 Å². The molecule has 4 rings (SSSR count). The van der Waals surface area contributed by atoms with Crippen LogP contribution in [-0.4, -0.2) is 19.1 Å². The SMILES string of the molecule is O=C(N[C@H](Cc1ccccc1)c1ccc2c(c1)OCCCO2)c1ccc(I)cc1. The Kier molecular flexibility index (Phi) is 6.34. The molecular formula is C24H22INO3. The third-order valence-corrected chi connectivity index (χ3v) is 5.59. The molecule has 3 aromatic carbocycles. The number of hydrogen-bond donors (Lipinski definition) is 1. The van der Waals surface area contributed by atoms with E-state index >= 15 is 0 Å². The van der Waals surface area contributed by atoms with Gasteiger partial charge in [0.1, 0.15) is 0 Å². The quantitative estimate of drug-likeness (QED) is 0.493. The van der Waals surface area contributed by atoms with Gasteiger partial charge in [-0.1, -0.05) is 36.4 Å². The molecule has 0 aromatic heterocycles. The molecular weight excluding hydrogens is 477 g/mol. The lowest BCUT2D eigenvalue weighted by molar-refractivity contribution is 0.0936. The summed E-state index contributed by atoms with van der Waals surface area (Å²) >= 11 is 2.24. The third-order valence-electron chi connectivity index (χ3n) is 4.87. The number of rotatable bonds is 5. The first kappa shape index (κ1) is 19.8. The van der Waals surface area contributed by atoms with Gasteiger partial charge in [-0.25, -0.2) is 0 Å². The van der Waals surface area contributed by atoms with Gasteiger partial charge in [0.05, 0.1) is 19.3 Å². The lowest BCUT2D eigenvalue weighted by atomic mass is 9.98. The van der Waals surface area contributed by atoms with E-state index in [1.165, 1.54) is 0 Å². The number of benzene rings is 3. The Hall–Kier alpha value is -2.54. The predicted molar refractivity (Wildman–Crippen MR) is 122 cm³/mol. The Labute approximate surface area is 184 Å². The minimum absolute atomic E-state index is 0.0885. The summed E-state index contributed by atoms with van der Waals surface area (Å²) in [4.78, 5) is 12.9. The van der Waals surface area contributed by atoms with Crippen LogP contribution in [0.3, 0.4) is 0 Å². The first-order valence-electron chi connectivity index (χ1n) is 9.69. The van der Waals surface area contributed by atoms with Crippen LogP contribution in [0.1, 0.15) is 33.9 Å². The molecule has 0 aliphatic carbocycles. The zero-order valence-electron chi connectivity index (χ0n) is 15.9. The molecule has 0 fully saturated rings. The molecule has 0 bridgehead atoms. The highest BCUT2D eigenvalue weighted by Gasteiger charge is 2.19. The maximum Gasteiger partial charge on any atom is 0.251 e. The van der Waals surface area contributed by atoms with Crippen molar-refractivity contribution in [2.75, 3.05) is 13.2 Å². The van der Waals surface area contributed by atoms with Crippen molar-refractivity contribution >= 4 is 28.5 Å². The highest BCUT2D eigenvalue weighted by molar-refractivity contribution is 14.1. The monoisotopic (exact) mass is 499 g/mol. The van der Waals surface area contributed by atoms with Crippen LogP contribution in [0, 0.1) is 3.57 Å². The molecule has 1 amide bonds. The van der Waals surface area contributed by atoms with E-state index in [2.05, 4.69) is 40.0 Å². The van der Waals surface area contributed by atoms with Crippen molar-refractivity contribution in [2.24, 2.45) is 0 Å². The summed E-state index contributed by atoms with van der Waals surface area (Å²) in [5.41, 5.74) is 2.81. The number of ether oxygens (including phenoxy) is 2.